The number of hydrogen-bond donors (Lipinski definition) is 1. The lowest BCUT2D eigenvalue weighted by Crippen LogP contribution is -2.25. The summed E-state index contributed by atoms with van der Waals surface area (Å²) in [5, 5.41) is 2.85. The maximum atomic E-state index is 11.3. The number of unbranched alkanes of at least 4 members (excludes halogenated alkanes) is 3. The molecule has 0 unspecified atom stereocenters. The van der Waals surface area contributed by atoms with Crippen LogP contribution in [0, 0.1) is 5.92 Å². The largest absolute Gasteiger partial charge is 0.352 e. The number of nitrogens with one attached hydrogen (secondary N) is 1. The van der Waals surface area contributed by atoms with Gasteiger partial charge in [-0.05, 0) is 37.7 Å². The predicted molar refractivity (Wildman–Crippen MR) is 74.8 cm³/mol. The minimum atomic E-state index is 0.0188. The molecule has 17 heavy (non-hydrogen) atoms. The summed E-state index contributed by atoms with van der Waals surface area (Å²) < 4.78 is 0. The number of hydrogen-bond acceptors (Lipinski definition) is 1. The second kappa shape index (κ2) is 11.2. The highest BCUT2D eigenvalue weighted by Crippen LogP contribution is 2.01. The Hall–Kier alpha value is -1.31. The summed E-state index contributed by atoms with van der Waals surface area (Å²) in [7, 11) is 0. The number of carbonyl (C=O) groups is 1. The summed E-state index contributed by atoms with van der Waals surface area (Å²) in [5.74, 6) is 0.522. The van der Waals surface area contributed by atoms with Crippen LogP contribution in [-0.4, -0.2) is 12.5 Å². The molecule has 0 rings (SSSR count). The summed E-state index contributed by atoms with van der Waals surface area (Å²) in [6.45, 7) is 8.53. The van der Waals surface area contributed by atoms with E-state index in [1.165, 1.54) is 0 Å². The maximum absolute atomic E-state index is 11.3. The van der Waals surface area contributed by atoms with Crippen molar-refractivity contribution in [2.75, 3.05) is 6.54 Å². The van der Waals surface area contributed by atoms with Gasteiger partial charge in [-0.2, -0.15) is 0 Å². The minimum Gasteiger partial charge on any atom is -0.352 e. The van der Waals surface area contributed by atoms with Gasteiger partial charge in [-0.15, -0.1) is 0 Å². The number of allylic oxidation sites excluding steroid dienone is 4. The van der Waals surface area contributed by atoms with Gasteiger partial charge in [0.25, 0.3) is 0 Å². The Bertz CT molecular complexity index is 264. The van der Waals surface area contributed by atoms with Gasteiger partial charge in [0, 0.05) is 6.54 Å². The fourth-order valence-electron chi connectivity index (χ4n) is 1.27. The molecule has 2 nitrogen and oxygen atoms in total. The SMILES string of the molecule is C=CC=CCCCCC=CC(=O)NCC(C)C. The standard InChI is InChI=1S/C15H25NO/c1-4-5-6-7-8-9-10-11-12-15(17)16-13-14(2)3/h4-6,11-12,14H,1,7-10,13H2,2-3H3,(H,16,17). The molecule has 1 N–H and O–H groups in total. The topological polar surface area (TPSA) is 29.1 Å². The van der Waals surface area contributed by atoms with Crippen molar-refractivity contribution in [2.45, 2.75) is 39.5 Å². The molecule has 0 bridgehead atoms. The van der Waals surface area contributed by atoms with Crippen LogP contribution in [0.25, 0.3) is 0 Å². The van der Waals surface area contributed by atoms with Crippen LogP contribution in [0.5, 0.6) is 0 Å². The van der Waals surface area contributed by atoms with Gasteiger partial charge in [-0.1, -0.05) is 44.7 Å². The Morgan fingerprint density at radius 3 is 2.47 bits per heavy atom. The van der Waals surface area contributed by atoms with Crippen LogP contribution in [0.1, 0.15) is 39.5 Å². The van der Waals surface area contributed by atoms with Crippen molar-refractivity contribution < 1.29 is 4.79 Å². The normalized spacial score (nSPS) is 11.5. The molecule has 2 heteroatoms. The quantitative estimate of drug-likeness (QED) is 0.369. The van der Waals surface area contributed by atoms with Crippen LogP contribution in [0.4, 0.5) is 0 Å². The number of carbonyl (C=O) groups excluding carboxylic acids is 1. The average Bonchev–Trinajstić information content (AvgIpc) is 2.30. The van der Waals surface area contributed by atoms with Crippen LogP contribution >= 0.6 is 0 Å². The summed E-state index contributed by atoms with van der Waals surface area (Å²) >= 11 is 0. The highest BCUT2D eigenvalue weighted by Gasteiger charge is 1.96. The van der Waals surface area contributed by atoms with E-state index < -0.39 is 0 Å². The molecule has 0 saturated carbocycles. The van der Waals surface area contributed by atoms with Crippen molar-refractivity contribution in [3.05, 3.63) is 37.0 Å². The third kappa shape index (κ3) is 12.6. The van der Waals surface area contributed by atoms with Crippen molar-refractivity contribution in [1.82, 2.24) is 5.32 Å². The van der Waals surface area contributed by atoms with Gasteiger partial charge in [0.1, 0.15) is 0 Å². The first-order valence-corrected chi connectivity index (χ1v) is 6.38. The molecular formula is C15H25NO. The van der Waals surface area contributed by atoms with E-state index in [1.807, 2.05) is 12.2 Å². The summed E-state index contributed by atoms with van der Waals surface area (Å²) in [6.07, 6.45) is 13.8. The molecule has 0 aliphatic heterocycles. The zero-order valence-corrected chi connectivity index (χ0v) is 11.1. The van der Waals surface area contributed by atoms with E-state index in [9.17, 15) is 4.79 Å². The van der Waals surface area contributed by atoms with Crippen LogP contribution in [0.15, 0.2) is 37.0 Å². The van der Waals surface area contributed by atoms with Crippen molar-refractivity contribution in [2.24, 2.45) is 5.92 Å². The zero-order valence-electron chi connectivity index (χ0n) is 11.1. The zero-order chi connectivity index (χ0) is 12.9. The van der Waals surface area contributed by atoms with Gasteiger partial charge < -0.3 is 5.32 Å². The van der Waals surface area contributed by atoms with Crippen molar-refractivity contribution >= 4 is 5.91 Å². The van der Waals surface area contributed by atoms with E-state index >= 15 is 0 Å². The van der Waals surface area contributed by atoms with Gasteiger partial charge >= 0.3 is 0 Å². The Morgan fingerprint density at radius 2 is 1.88 bits per heavy atom. The van der Waals surface area contributed by atoms with Gasteiger partial charge in [0.2, 0.25) is 5.91 Å². The first-order valence-electron chi connectivity index (χ1n) is 6.38. The third-order valence-electron chi connectivity index (χ3n) is 2.22. The van der Waals surface area contributed by atoms with Gasteiger partial charge in [-0.3, -0.25) is 4.79 Å². The molecule has 0 aromatic carbocycles. The highest BCUT2D eigenvalue weighted by molar-refractivity contribution is 5.87. The van der Waals surface area contributed by atoms with Crippen molar-refractivity contribution in [3.63, 3.8) is 0 Å². The van der Waals surface area contributed by atoms with E-state index in [4.69, 9.17) is 0 Å². The Kier molecular flexibility index (Phi) is 10.3. The molecule has 0 aromatic heterocycles. The molecule has 1 amide bonds. The second-order valence-electron chi connectivity index (χ2n) is 4.49. The first-order chi connectivity index (χ1) is 8.16. The van der Waals surface area contributed by atoms with Crippen molar-refractivity contribution in [1.29, 1.82) is 0 Å². The van der Waals surface area contributed by atoms with E-state index in [0.717, 1.165) is 32.2 Å². The fraction of sp³-hybridized carbons (Fsp3) is 0.533. The molecule has 0 atom stereocenters. The molecular weight excluding hydrogens is 210 g/mol. The molecule has 0 saturated heterocycles. The smallest absolute Gasteiger partial charge is 0.243 e. The lowest BCUT2D eigenvalue weighted by molar-refractivity contribution is -0.116. The average molecular weight is 235 g/mol. The van der Waals surface area contributed by atoms with Gasteiger partial charge in [-0.25, -0.2) is 0 Å². The first kappa shape index (κ1) is 15.7. The highest BCUT2D eigenvalue weighted by atomic mass is 16.1. The molecule has 0 aromatic rings. The number of rotatable bonds is 9. The van der Waals surface area contributed by atoms with E-state index in [1.54, 1.807) is 12.2 Å². The molecule has 0 aliphatic rings. The molecule has 0 radical (unpaired) electrons. The Balaban J connectivity index is 3.43. The monoisotopic (exact) mass is 235 g/mol. The Labute approximate surface area is 105 Å². The second-order valence-corrected chi connectivity index (χ2v) is 4.49. The van der Waals surface area contributed by atoms with E-state index in [0.29, 0.717) is 5.92 Å². The lowest BCUT2D eigenvalue weighted by atomic mass is 10.2. The predicted octanol–water partition coefficient (Wildman–Crippen LogP) is 3.62. The summed E-state index contributed by atoms with van der Waals surface area (Å²) in [5.41, 5.74) is 0. The third-order valence-corrected chi connectivity index (χ3v) is 2.22. The molecule has 96 valence electrons. The maximum Gasteiger partial charge on any atom is 0.243 e. The lowest BCUT2D eigenvalue weighted by Gasteiger charge is -2.04. The van der Waals surface area contributed by atoms with E-state index in [2.05, 4.69) is 31.8 Å². The van der Waals surface area contributed by atoms with E-state index in [-0.39, 0.29) is 5.91 Å². The minimum absolute atomic E-state index is 0.0188. The molecule has 0 spiro atoms. The van der Waals surface area contributed by atoms with Crippen molar-refractivity contribution in [3.8, 4) is 0 Å². The van der Waals surface area contributed by atoms with Crippen LogP contribution in [0.3, 0.4) is 0 Å². The summed E-state index contributed by atoms with van der Waals surface area (Å²) in [4.78, 5) is 11.3. The fourth-order valence-corrected chi connectivity index (χ4v) is 1.27. The van der Waals surface area contributed by atoms with Crippen LogP contribution in [0.2, 0.25) is 0 Å². The molecule has 0 aliphatic carbocycles. The number of amides is 1. The summed E-state index contributed by atoms with van der Waals surface area (Å²) in [6, 6.07) is 0. The van der Waals surface area contributed by atoms with Gasteiger partial charge in [0.05, 0.1) is 0 Å². The van der Waals surface area contributed by atoms with Crippen LogP contribution in [-0.2, 0) is 4.79 Å². The van der Waals surface area contributed by atoms with Crippen LogP contribution < -0.4 is 5.32 Å². The molecule has 0 fully saturated rings. The molecule has 0 heterocycles. The van der Waals surface area contributed by atoms with Gasteiger partial charge in [0.15, 0.2) is 0 Å². The Morgan fingerprint density at radius 1 is 1.24 bits per heavy atom.